The molecule has 5 heteroatoms. The van der Waals surface area contributed by atoms with Gasteiger partial charge in [-0.1, -0.05) is 0 Å². The summed E-state index contributed by atoms with van der Waals surface area (Å²) in [5.74, 6) is -0.417. The average molecular weight is 171 g/mol. The van der Waals surface area contributed by atoms with Crippen LogP contribution in [0.15, 0.2) is 12.3 Å². The number of carbonyl (C=O) groups is 2. The molecular weight excluding hydrogens is 162 g/mol. The second kappa shape index (κ2) is 3.75. The van der Waals surface area contributed by atoms with E-state index in [4.69, 9.17) is 0 Å². The van der Waals surface area contributed by atoms with Crippen LogP contribution in [0.4, 0.5) is 4.79 Å². The molecule has 0 aliphatic carbocycles. The first-order valence-electron chi connectivity index (χ1n) is 3.43. The van der Waals surface area contributed by atoms with Gasteiger partial charge in [0.15, 0.2) is 0 Å². The van der Waals surface area contributed by atoms with Crippen LogP contribution in [0.25, 0.3) is 0 Å². The minimum absolute atomic E-state index is 0.269. The lowest BCUT2D eigenvalue weighted by Crippen LogP contribution is -2.29. The van der Waals surface area contributed by atoms with Crippen LogP contribution in [-0.4, -0.2) is 37.2 Å². The van der Waals surface area contributed by atoms with Gasteiger partial charge in [0.2, 0.25) is 0 Å². The molecule has 1 fully saturated rings. The zero-order valence-electron chi connectivity index (χ0n) is 6.65. The maximum Gasteiger partial charge on any atom is 0.416 e. The number of hydrogen-bond acceptors (Lipinski definition) is 4. The molecule has 0 aromatic rings. The van der Waals surface area contributed by atoms with Crippen molar-refractivity contribution in [2.45, 2.75) is 0 Å². The van der Waals surface area contributed by atoms with E-state index in [1.54, 1.807) is 0 Å². The van der Waals surface area contributed by atoms with Crippen molar-refractivity contribution >= 4 is 12.0 Å². The topological polar surface area (TPSA) is 55.8 Å². The molecule has 12 heavy (non-hydrogen) atoms. The highest BCUT2D eigenvalue weighted by Gasteiger charge is 2.26. The maximum absolute atomic E-state index is 11.1. The Kier molecular flexibility index (Phi) is 2.68. The fourth-order valence-corrected chi connectivity index (χ4v) is 0.810. The van der Waals surface area contributed by atoms with Gasteiger partial charge >= 0.3 is 6.09 Å². The van der Waals surface area contributed by atoms with Crippen LogP contribution >= 0.6 is 0 Å². The van der Waals surface area contributed by atoms with Crippen LogP contribution in [0.2, 0.25) is 0 Å². The van der Waals surface area contributed by atoms with E-state index in [2.05, 4.69) is 9.47 Å². The van der Waals surface area contributed by atoms with Gasteiger partial charge < -0.3 is 9.47 Å². The van der Waals surface area contributed by atoms with E-state index in [1.165, 1.54) is 19.4 Å². The Labute approximate surface area is 69.5 Å². The largest absolute Gasteiger partial charge is 0.504 e. The Morgan fingerprint density at radius 3 is 3.00 bits per heavy atom. The third-order valence-corrected chi connectivity index (χ3v) is 1.37. The molecule has 1 aliphatic rings. The molecule has 0 aromatic carbocycles. The second-order valence-corrected chi connectivity index (χ2v) is 2.14. The van der Waals surface area contributed by atoms with Gasteiger partial charge in [0.1, 0.15) is 6.61 Å². The Morgan fingerprint density at radius 1 is 1.75 bits per heavy atom. The van der Waals surface area contributed by atoms with Gasteiger partial charge in [0.05, 0.1) is 19.9 Å². The van der Waals surface area contributed by atoms with Gasteiger partial charge in [0, 0.05) is 6.08 Å². The number of carbonyl (C=O) groups excluding carboxylic acids is 2. The molecule has 1 heterocycles. The van der Waals surface area contributed by atoms with Gasteiger partial charge in [0.25, 0.3) is 5.91 Å². The number of nitrogens with zero attached hydrogens (tertiary/aromatic N) is 1. The molecule has 66 valence electrons. The van der Waals surface area contributed by atoms with Crippen LogP contribution in [0.5, 0.6) is 0 Å². The van der Waals surface area contributed by atoms with Crippen molar-refractivity contribution in [2.75, 3.05) is 20.3 Å². The predicted molar refractivity (Wildman–Crippen MR) is 39.2 cm³/mol. The van der Waals surface area contributed by atoms with Crippen molar-refractivity contribution in [1.29, 1.82) is 0 Å². The zero-order valence-corrected chi connectivity index (χ0v) is 6.65. The second-order valence-electron chi connectivity index (χ2n) is 2.14. The number of cyclic esters (lactones) is 1. The molecule has 0 aromatic heterocycles. The Balaban J connectivity index is 2.52. The van der Waals surface area contributed by atoms with Crippen molar-refractivity contribution in [3.63, 3.8) is 0 Å². The SMILES string of the molecule is CO/C=C\C(=O)N1CCOC1=O. The van der Waals surface area contributed by atoms with E-state index in [9.17, 15) is 9.59 Å². The van der Waals surface area contributed by atoms with Crippen LogP contribution < -0.4 is 0 Å². The molecule has 0 saturated carbocycles. The molecular formula is C7H9NO4. The summed E-state index contributed by atoms with van der Waals surface area (Å²) in [6.45, 7) is 0.580. The molecule has 1 saturated heterocycles. The summed E-state index contributed by atoms with van der Waals surface area (Å²) in [5.41, 5.74) is 0. The fraction of sp³-hybridized carbons (Fsp3) is 0.429. The molecule has 0 unspecified atom stereocenters. The summed E-state index contributed by atoms with van der Waals surface area (Å²) in [6.07, 6.45) is 1.79. The molecule has 5 nitrogen and oxygen atoms in total. The lowest BCUT2D eigenvalue weighted by Gasteiger charge is -2.05. The third kappa shape index (κ3) is 1.75. The molecule has 0 spiro atoms. The van der Waals surface area contributed by atoms with Crippen molar-refractivity contribution in [1.82, 2.24) is 4.90 Å². The zero-order chi connectivity index (χ0) is 8.97. The number of hydrogen-bond donors (Lipinski definition) is 0. The predicted octanol–water partition coefficient (Wildman–Crippen LogP) is 0.125. The van der Waals surface area contributed by atoms with Crippen LogP contribution in [0, 0.1) is 0 Å². The van der Waals surface area contributed by atoms with Crippen molar-refractivity contribution in [2.24, 2.45) is 0 Å². The van der Waals surface area contributed by atoms with E-state index in [0.29, 0.717) is 6.54 Å². The third-order valence-electron chi connectivity index (χ3n) is 1.37. The monoisotopic (exact) mass is 171 g/mol. The molecule has 1 rings (SSSR count). The summed E-state index contributed by atoms with van der Waals surface area (Å²) in [6, 6.07) is 0. The molecule has 0 N–H and O–H groups in total. The number of ether oxygens (including phenoxy) is 2. The highest BCUT2D eigenvalue weighted by atomic mass is 16.6. The fourth-order valence-electron chi connectivity index (χ4n) is 0.810. The van der Waals surface area contributed by atoms with E-state index < -0.39 is 12.0 Å². The van der Waals surface area contributed by atoms with Gasteiger partial charge in [-0.2, -0.15) is 0 Å². The highest BCUT2D eigenvalue weighted by molar-refractivity contribution is 5.99. The van der Waals surface area contributed by atoms with Gasteiger partial charge in [-0.15, -0.1) is 0 Å². The van der Waals surface area contributed by atoms with Crippen molar-refractivity contribution < 1.29 is 19.1 Å². The first-order valence-corrected chi connectivity index (χ1v) is 3.43. The molecule has 1 aliphatic heterocycles. The van der Waals surface area contributed by atoms with Gasteiger partial charge in [-0.3, -0.25) is 4.79 Å². The first-order chi connectivity index (χ1) is 5.75. The minimum Gasteiger partial charge on any atom is -0.504 e. The summed E-state index contributed by atoms with van der Waals surface area (Å²) in [4.78, 5) is 22.9. The van der Waals surface area contributed by atoms with Crippen LogP contribution in [0.3, 0.4) is 0 Å². The summed E-state index contributed by atoms with van der Waals surface area (Å²) in [5, 5.41) is 0. The number of methoxy groups -OCH3 is 1. The van der Waals surface area contributed by atoms with Crippen molar-refractivity contribution in [3.05, 3.63) is 12.3 Å². The van der Waals surface area contributed by atoms with Crippen LogP contribution in [0.1, 0.15) is 0 Å². The molecule has 0 bridgehead atoms. The minimum atomic E-state index is -0.597. The number of rotatable bonds is 2. The van der Waals surface area contributed by atoms with Gasteiger partial charge in [-0.25, -0.2) is 9.69 Å². The lowest BCUT2D eigenvalue weighted by atomic mass is 10.5. The average Bonchev–Trinajstić information content (AvgIpc) is 2.47. The van der Waals surface area contributed by atoms with E-state index >= 15 is 0 Å². The molecule has 0 atom stereocenters. The molecule has 0 radical (unpaired) electrons. The highest BCUT2D eigenvalue weighted by Crippen LogP contribution is 2.03. The number of imide groups is 1. The summed E-state index contributed by atoms with van der Waals surface area (Å²) >= 11 is 0. The summed E-state index contributed by atoms with van der Waals surface area (Å²) < 4.78 is 9.09. The van der Waals surface area contributed by atoms with E-state index in [1.807, 2.05) is 0 Å². The van der Waals surface area contributed by atoms with Crippen molar-refractivity contribution in [3.8, 4) is 0 Å². The summed E-state index contributed by atoms with van der Waals surface area (Å²) in [7, 11) is 1.42. The molecule has 2 amide bonds. The maximum atomic E-state index is 11.1. The standard InChI is InChI=1S/C7H9NO4/c1-11-4-2-6(9)8-3-5-12-7(8)10/h2,4H,3,5H2,1H3/b4-2-. The first kappa shape index (κ1) is 8.58. The quantitative estimate of drug-likeness (QED) is 0.437. The lowest BCUT2D eigenvalue weighted by molar-refractivity contribution is -0.122. The van der Waals surface area contributed by atoms with Gasteiger partial charge in [-0.05, 0) is 0 Å². The normalized spacial score (nSPS) is 16.8. The Morgan fingerprint density at radius 2 is 2.50 bits per heavy atom. The Hall–Kier alpha value is -1.52. The Bertz CT molecular complexity index is 223. The smallest absolute Gasteiger partial charge is 0.416 e. The van der Waals surface area contributed by atoms with Crippen LogP contribution in [-0.2, 0) is 14.3 Å². The van der Waals surface area contributed by atoms with E-state index in [-0.39, 0.29) is 6.61 Å². The van der Waals surface area contributed by atoms with E-state index in [0.717, 1.165) is 4.90 Å². The number of amides is 2.